The molecule has 0 atom stereocenters. The van der Waals surface area contributed by atoms with Crippen molar-refractivity contribution < 1.29 is 10.2 Å². The van der Waals surface area contributed by atoms with Crippen molar-refractivity contribution >= 4 is 28.2 Å². The zero-order chi connectivity index (χ0) is 22.3. The summed E-state index contributed by atoms with van der Waals surface area (Å²) in [6.45, 7) is 3.08. The summed E-state index contributed by atoms with van der Waals surface area (Å²) in [7, 11) is 0. The number of halogens is 1. The molecular weight excluding hydrogens is 422 g/mol. The highest BCUT2D eigenvalue weighted by Crippen LogP contribution is 2.25. The molecule has 0 amide bonds. The second-order valence-electron chi connectivity index (χ2n) is 7.85. The summed E-state index contributed by atoms with van der Waals surface area (Å²) in [6, 6.07) is 22.8. The number of fused-ring (bicyclic) bond motifs is 1. The molecule has 32 heavy (non-hydrogen) atoms. The highest BCUT2D eigenvalue weighted by molar-refractivity contribution is 6.31. The van der Waals surface area contributed by atoms with Gasteiger partial charge < -0.3 is 15.5 Å². The number of aromatic hydroxyl groups is 2. The number of phenols is 2. The Labute approximate surface area is 192 Å². The molecule has 0 aliphatic heterocycles. The van der Waals surface area contributed by atoms with Crippen LogP contribution in [-0.4, -0.2) is 33.2 Å². The molecule has 4 aromatic rings. The van der Waals surface area contributed by atoms with Crippen molar-refractivity contribution in [2.75, 3.05) is 18.4 Å². The van der Waals surface area contributed by atoms with Gasteiger partial charge in [0.1, 0.15) is 11.5 Å². The number of benzene rings is 3. The number of pyridine rings is 1. The third kappa shape index (κ3) is 5.90. The van der Waals surface area contributed by atoms with E-state index in [1.165, 1.54) is 11.6 Å². The molecule has 0 radical (unpaired) electrons. The van der Waals surface area contributed by atoms with Gasteiger partial charge in [-0.25, -0.2) is 0 Å². The molecule has 0 saturated heterocycles. The van der Waals surface area contributed by atoms with Gasteiger partial charge in [-0.3, -0.25) is 9.88 Å². The summed E-state index contributed by atoms with van der Waals surface area (Å²) in [4.78, 5) is 6.71. The maximum atomic E-state index is 9.84. The Morgan fingerprint density at radius 2 is 1.59 bits per heavy atom. The first kappa shape index (κ1) is 21.9. The molecule has 3 N–H and O–H groups in total. The number of aromatic nitrogens is 1. The lowest BCUT2D eigenvalue weighted by Gasteiger charge is -2.23. The highest BCUT2D eigenvalue weighted by atomic mass is 35.5. The number of hydrogen-bond acceptors (Lipinski definition) is 5. The van der Waals surface area contributed by atoms with Gasteiger partial charge in [0, 0.05) is 54.5 Å². The minimum absolute atomic E-state index is 0.0750. The molecule has 164 valence electrons. The van der Waals surface area contributed by atoms with Crippen molar-refractivity contribution in [3.8, 4) is 11.5 Å². The molecule has 0 fully saturated rings. The lowest BCUT2D eigenvalue weighted by molar-refractivity contribution is 0.255. The third-order valence-electron chi connectivity index (χ3n) is 5.29. The molecule has 0 spiro atoms. The Balaban J connectivity index is 1.41. The largest absolute Gasteiger partial charge is 0.508 e. The van der Waals surface area contributed by atoms with Crippen LogP contribution >= 0.6 is 11.6 Å². The molecule has 1 aromatic heterocycles. The summed E-state index contributed by atoms with van der Waals surface area (Å²) in [5, 5.41) is 24.9. The van der Waals surface area contributed by atoms with E-state index in [1.807, 2.05) is 42.5 Å². The topological polar surface area (TPSA) is 68.6 Å². The van der Waals surface area contributed by atoms with E-state index < -0.39 is 0 Å². The van der Waals surface area contributed by atoms with Crippen molar-refractivity contribution in [1.82, 2.24) is 9.88 Å². The van der Waals surface area contributed by atoms with Crippen LogP contribution in [0.15, 0.2) is 79.0 Å². The van der Waals surface area contributed by atoms with E-state index in [1.54, 1.807) is 18.3 Å². The van der Waals surface area contributed by atoms with Crippen LogP contribution in [-0.2, 0) is 13.1 Å². The molecule has 0 saturated carbocycles. The van der Waals surface area contributed by atoms with Gasteiger partial charge in [-0.15, -0.1) is 0 Å². The quantitative estimate of drug-likeness (QED) is 0.283. The first-order valence-corrected chi connectivity index (χ1v) is 11.0. The van der Waals surface area contributed by atoms with Crippen LogP contribution in [0.4, 0.5) is 5.69 Å². The summed E-state index contributed by atoms with van der Waals surface area (Å²) in [5.41, 5.74) is 4.02. The minimum Gasteiger partial charge on any atom is -0.508 e. The second-order valence-corrected chi connectivity index (χ2v) is 8.29. The zero-order valence-electron chi connectivity index (χ0n) is 17.7. The number of nitrogens with one attached hydrogen (secondary N) is 1. The van der Waals surface area contributed by atoms with Gasteiger partial charge in [-0.05, 0) is 53.9 Å². The molecule has 0 unspecified atom stereocenters. The monoisotopic (exact) mass is 447 g/mol. The van der Waals surface area contributed by atoms with Crippen molar-refractivity contribution in [3.63, 3.8) is 0 Å². The van der Waals surface area contributed by atoms with E-state index in [0.29, 0.717) is 11.6 Å². The average Bonchev–Trinajstić information content (AvgIpc) is 2.76. The predicted molar refractivity (Wildman–Crippen MR) is 130 cm³/mol. The molecule has 4 rings (SSSR count). The fraction of sp³-hybridized carbons (Fsp3) is 0.192. The Kier molecular flexibility index (Phi) is 7.10. The Morgan fingerprint density at radius 1 is 0.844 bits per heavy atom. The van der Waals surface area contributed by atoms with Gasteiger partial charge in [-0.1, -0.05) is 41.9 Å². The van der Waals surface area contributed by atoms with E-state index >= 15 is 0 Å². The first-order valence-electron chi connectivity index (χ1n) is 10.6. The Bertz CT molecular complexity index is 1160. The number of nitrogens with zero attached hydrogens (tertiary/aromatic N) is 2. The van der Waals surface area contributed by atoms with Gasteiger partial charge in [0.05, 0.1) is 5.52 Å². The van der Waals surface area contributed by atoms with Crippen LogP contribution < -0.4 is 5.32 Å². The fourth-order valence-electron chi connectivity index (χ4n) is 3.86. The van der Waals surface area contributed by atoms with Crippen molar-refractivity contribution in [2.45, 2.75) is 19.5 Å². The van der Waals surface area contributed by atoms with Gasteiger partial charge >= 0.3 is 0 Å². The van der Waals surface area contributed by atoms with E-state index in [-0.39, 0.29) is 11.5 Å². The predicted octanol–water partition coefficient (Wildman–Crippen LogP) is 5.80. The Hall–Kier alpha value is -3.28. The van der Waals surface area contributed by atoms with Crippen molar-refractivity contribution in [3.05, 3.63) is 95.1 Å². The summed E-state index contributed by atoms with van der Waals surface area (Å²) in [5.74, 6) is 0.150. The van der Waals surface area contributed by atoms with Crippen molar-refractivity contribution in [2.24, 2.45) is 0 Å². The van der Waals surface area contributed by atoms with E-state index in [4.69, 9.17) is 11.6 Å². The lowest BCUT2D eigenvalue weighted by atomic mass is 10.1. The van der Waals surface area contributed by atoms with E-state index in [2.05, 4.69) is 27.3 Å². The van der Waals surface area contributed by atoms with Crippen LogP contribution in [0.1, 0.15) is 17.5 Å². The van der Waals surface area contributed by atoms with Crippen LogP contribution in [0.5, 0.6) is 11.5 Å². The smallest absolute Gasteiger partial charge is 0.119 e. The van der Waals surface area contributed by atoms with E-state index in [9.17, 15) is 10.2 Å². The van der Waals surface area contributed by atoms with Crippen LogP contribution in [0.25, 0.3) is 10.9 Å². The summed E-state index contributed by atoms with van der Waals surface area (Å²) < 4.78 is 0. The molecule has 1 heterocycles. The van der Waals surface area contributed by atoms with E-state index in [0.717, 1.165) is 48.2 Å². The van der Waals surface area contributed by atoms with Gasteiger partial charge in [0.15, 0.2) is 0 Å². The zero-order valence-corrected chi connectivity index (χ0v) is 18.5. The molecule has 6 heteroatoms. The normalized spacial score (nSPS) is 11.2. The molecule has 3 aromatic carbocycles. The summed E-state index contributed by atoms with van der Waals surface area (Å²) in [6.07, 6.45) is 2.71. The van der Waals surface area contributed by atoms with Gasteiger partial charge in [0.25, 0.3) is 0 Å². The Morgan fingerprint density at radius 3 is 2.38 bits per heavy atom. The maximum absolute atomic E-state index is 9.84. The number of phenolic OH excluding ortho intramolecular Hbond substituents is 2. The minimum atomic E-state index is 0.0750. The molecule has 5 nitrogen and oxygen atoms in total. The van der Waals surface area contributed by atoms with Gasteiger partial charge in [-0.2, -0.15) is 0 Å². The fourth-order valence-corrected chi connectivity index (χ4v) is 4.03. The second kappa shape index (κ2) is 10.4. The number of hydrogen-bond donors (Lipinski definition) is 3. The highest BCUT2D eigenvalue weighted by Gasteiger charge is 2.10. The average molecular weight is 448 g/mol. The lowest BCUT2D eigenvalue weighted by Crippen LogP contribution is -2.25. The maximum Gasteiger partial charge on any atom is 0.119 e. The van der Waals surface area contributed by atoms with Crippen LogP contribution in [0, 0.1) is 0 Å². The molecule has 0 bridgehead atoms. The SMILES string of the molecule is Oc1cc(O)cc(CN(CCCNc2ccnc3cc(Cl)ccc23)Cc2ccccc2)c1. The summed E-state index contributed by atoms with van der Waals surface area (Å²) >= 11 is 6.09. The first-order chi connectivity index (χ1) is 15.6. The number of rotatable bonds is 9. The standard InChI is InChI=1S/C26H26ClN3O2/c27-21-7-8-24-25(9-11-29-26(24)15-21)28-10-4-12-30(17-19-5-2-1-3-6-19)18-20-13-22(31)16-23(32)14-20/h1-3,5-9,11,13-16,31-32H,4,10,12,17-18H2,(H,28,29). The van der Waals surface area contributed by atoms with Crippen LogP contribution in [0.3, 0.4) is 0 Å². The van der Waals surface area contributed by atoms with Gasteiger partial charge in [0.2, 0.25) is 0 Å². The third-order valence-corrected chi connectivity index (χ3v) is 5.52. The molecule has 0 aliphatic carbocycles. The molecular formula is C26H26ClN3O2. The van der Waals surface area contributed by atoms with Crippen LogP contribution in [0.2, 0.25) is 5.02 Å². The molecule has 0 aliphatic rings. The van der Waals surface area contributed by atoms with Crippen molar-refractivity contribution in [1.29, 1.82) is 0 Å². The number of anilines is 1.